The third-order valence-corrected chi connectivity index (χ3v) is 11.4. The monoisotopic (exact) mass is 518 g/mol. The van der Waals surface area contributed by atoms with Gasteiger partial charge in [-0.3, -0.25) is 14.2 Å². The van der Waals surface area contributed by atoms with Crippen LogP contribution in [0.4, 0.5) is 5.69 Å². The van der Waals surface area contributed by atoms with Gasteiger partial charge in [0.05, 0.1) is 5.03 Å². The van der Waals surface area contributed by atoms with Crippen LogP contribution in [0.3, 0.4) is 0 Å². The Morgan fingerprint density at radius 3 is 2.50 bits per heavy atom. The molecular formula is C30H34N2O2S2. The molecule has 1 amide bonds. The van der Waals surface area contributed by atoms with E-state index in [2.05, 4.69) is 50.4 Å². The standard InChI is InChI=1S/C30H34N2O2S2/c1-17-7-5-6-8-22(17)31-23(33)16-32-28-27(36-29(32)34)24(18-11-13-21(14-12-18)30(2,3)4)25-19-9-10-20(15-19)26(25)35-28/h5-8,11-14,19-20,24-26H,9-10,15-16H2,1-4H3,(H,31,33)/t19?,20?,24-,25?,26?/m1/s1. The number of nitrogens with one attached hydrogen (secondary N) is 1. The number of aryl methyl sites for hydroxylation is 1. The number of amides is 1. The summed E-state index contributed by atoms with van der Waals surface area (Å²) < 4.78 is 1.75. The quantitative estimate of drug-likeness (QED) is 0.413. The molecule has 2 fully saturated rings. The number of nitrogens with zero attached hydrogens (tertiary/aromatic N) is 1. The topological polar surface area (TPSA) is 51.1 Å². The molecule has 2 aliphatic carbocycles. The lowest BCUT2D eigenvalue weighted by atomic mass is 9.74. The molecule has 2 saturated carbocycles. The molecule has 1 aromatic heterocycles. The molecule has 188 valence electrons. The first-order valence-electron chi connectivity index (χ1n) is 13.1. The summed E-state index contributed by atoms with van der Waals surface area (Å²) >= 11 is 3.25. The van der Waals surface area contributed by atoms with Crippen molar-refractivity contribution in [3.8, 4) is 0 Å². The average molecular weight is 519 g/mol. The highest BCUT2D eigenvalue weighted by molar-refractivity contribution is 8.00. The summed E-state index contributed by atoms with van der Waals surface area (Å²) in [5.41, 5.74) is 4.59. The van der Waals surface area contributed by atoms with Gasteiger partial charge in [-0.1, -0.05) is 74.6 Å². The van der Waals surface area contributed by atoms with Gasteiger partial charge in [0.15, 0.2) is 0 Å². The highest BCUT2D eigenvalue weighted by Gasteiger charge is 2.55. The van der Waals surface area contributed by atoms with Gasteiger partial charge in [-0.05, 0) is 72.1 Å². The Kier molecular flexibility index (Phi) is 5.95. The predicted octanol–water partition coefficient (Wildman–Crippen LogP) is 6.81. The van der Waals surface area contributed by atoms with Crippen molar-refractivity contribution in [2.45, 2.75) is 75.1 Å². The van der Waals surface area contributed by atoms with Crippen LogP contribution in [-0.2, 0) is 16.8 Å². The van der Waals surface area contributed by atoms with Crippen molar-refractivity contribution in [1.82, 2.24) is 4.57 Å². The Morgan fingerprint density at radius 2 is 1.78 bits per heavy atom. The number of hydrogen-bond acceptors (Lipinski definition) is 4. The van der Waals surface area contributed by atoms with Crippen LogP contribution >= 0.6 is 23.1 Å². The van der Waals surface area contributed by atoms with Gasteiger partial charge in [0.2, 0.25) is 5.91 Å². The molecule has 2 aromatic carbocycles. The number of anilines is 1. The molecule has 1 aliphatic heterocycles. The second-order valence-corrected chi connectivity index (χ2v) is 14.0. The maximum absolute atomic E-state index is 13.3. The molecule has 4 nitrogen and oxygen atoms in total. The van der Waals surface area contributed by atoms with Gasteiger partial charge in [-0.15, -0.1) is 11.8 Å². The number of thioether (sulfide) groups is 1. The van der Waals surface area contributed by atoms with Gasteiger partial charge in [0.1, 0.15) is 6.54 Å². The number of carbonyl (C=O) groups is 1. The van der Waals surface area contributed by atoms with E-state index in [-0.39, 0.29) is 28.7 Å². The zero-order valence-corrected chi connectivity index (χ0v) is 23.0. The summed E-state index contributed by atoms with van der Waals surface area (Å²) in [6, 6.07) is 16.9. The van der Waals surface area contributed by atoms with Crippen LogP contribution in [0.15, 0.2) is 58.4 Å². The van der Waals surface area contributed by atoms with E-state index in [0.29, 0.717) is 11.2 Å². The third-order valence-electron chi connectivity index (χ3n) is 8.55. The number of fused-ring (bicyclic) bond motifs is 6. The smallest absolute Gasteiger partial charge is 0.308 e. The molecule has 0 saturated heterocycles. The summed E-state index contributed by atoms with van der Waals surface area (Å²) in [5.74, 6) is 2.14. The molecule has 36 heavy (non-hydrogen) atoms. The first-order chi connectivity index (χ1) is 17.2. The van der Waals surface area contributed by atoms with Crippen molar-refractivity contribution in [2.75, 3.05) is 5.32 Å². The molecule has 6 heteroatoms. The fraction of sp³-hybridized carbons (Fsp3) is 0.467. The van der Waals surface area contributed by atoms with Gasteiger partial charge >= 0.3 is 4.87 Å². The van der Waals surface area contributed by atoms with Gasteiger partial charge in [0.25, 0.3) is 0 Å². The van der Waals surface area contributed by atoms with Crippen molar-refractivity contribution in [3.63, 3.8) is 0 Å². The zero-order valence-electron chi connectivity index (χ0n) is 21.4. The molecule has 0 radical (unpaired) electrons. The Bertz CT molecular complexity index is 1360. The molecule has 3 aromatic rings. The van der Waals surface area contributed by atoms with E-state index in [9.17, 15) is 9.59 Å². The zero-order chi connectivity index (χ0) is 25.2. The normalized spacial score (nSPS) is 26.5. The molecule has 0 spiro atoms. The van der Waals surface area contributed by atoms with E-state index in [4.69, 9.17) is 0 Å². The molecule has 2 heterocycles. The van der Waals surface area contributed by atoms with Gasteiger partial charge in [-0.25, -0.2) is 0 Å². The van der Waals surface area contributed by atoms with Gasteiger partial charge in [-0.2, -0.15) is 0 Å². The summed E-state index contributed by atoms with van der Waals surface area (Å²) in [4.78, 5) is 27.5. The number of carbonyl (C=O) groups excluding carboxylic acids is 1. The maximum atomic E-state index is 13.3. The van der Waals surface area contributed by atoms with E-state index in [1.807, 2.05) is 43.0 Å². The minimum absolute atomic E-state index is 0.0175. The molecule has 5 atom stereocenters. The van der Waals surface area contributed by atoms with Gasteiger partial charge in [0, 0.05) is 21.7 Å². The predicted molar refractivity (Wildman–Crippen MR) is 149 cm³/mol. The fourth-order valence-corrected chi connectivity index (χ4v) is 9.85. The Balaban J connectivity index is 1.37. The average Bonchev–Trinajstić information content (AvgIpc) is 3.53. The third kappa shape index (κ3) is 4.06. The Morgan fingerprint density at radius 1 is 1.06 bits per heavy atom. The van der Waals surface area contributed by atoms with Crippen LogP contribution in [0.5, 0.6) is 0 Å². The van der Waals surface area contributed by atoms with E-state index >= 15 is 0 Å². The number of aromatic nitrogens is 1. The molecule has 4 unspecified atom stereocenters. The molecular weight excluding hydrogens is 484 g/mol. The number of para-hydroxylation sites is 1. The van der Waals surface area contributed by atoms with Crippen molar-refractivity contribution in [3.05, 3.63) is 79.8 Å². The number of thiazole rings is 1. The van der Waals surface area contributed by atoms with Gasteiger partial charge < -0.3 is 5.32 Å². The lowest BCUT2D eigenvalue weighted by molar-refractivity contribution is -0.116. The molecule has 3 aliphatic rings. The van der Waals surface area contributed by atoms with E-state index in [1.165, 1.54) is 46.6 Å². The first kappa shape index (κ1) is 24.1. The number of hydrogen-bond donors (Lipinski definition) is 1. The van der Waals surface area contributed by atoms with Crippen LogP contribution in [0.25, 0.3) is 0 Å². The second kappa shape index (κ2) is 8.91. The Hall–Kier alpha value is -2.31. The van der Waals surface area contributed by atoms with Crippen molar-refractivity contribution in [2.24, 2.45) is 17.8 Å². The van der Waals surface area contributed by atoms with Crippen molar-refractivity contribution in [1.29, 1.82) is 0 Å². The first-order valence-corrected chi connectivity index (χ1v) is 14.8. The fourth-order valence-electron chi connectivity index (χ4n) is 6.70. The van der Waals surface area contributed by atoms with E-state index in [0.717, 1.165) is 28.1 Å². The second-order valence-electron chi connectivity index (χ2n) is 11.8. The summed E-state index contributed by atoms with van der Waals surface area (Å²) in [5, 5.41) is 4.58. The lowest BCUT2D eigenvalue weighted by Gasteiger charge is -2.40. The highest BCUT2D eigenvalue weighted by Crippen LogP contribution is 2.64. The minimum atomic E-state index is -0.145. The van der Waals surface area contributed by atoms with Crippen LogP contribution in [-0.4, -0.2) is 15.7 Å². The molecule has 1 N–H and O–H groups in total. The maximum Gasteiger partial charge on any atom is 0.308 e. The molecule has 6 rings (SSSR count). The summed E-state index contributed by atoms with van der Waals surface area (Å²) in [7, 11) is 0. The van der Waals surface area contributed by atoms with E-state index in [1.54, 1.807) is 4.57 Å². The summed E-state index contributed by atoms with van der Waals surface area (Å²) in [6.45, 7) is 8.79. The number of benzene rings is 2. The molecule has 2 bridgehead atoms. The van der Waals surface area contributed by atoms with Crippen LogP contribution < -0.4 is 10.2 Å². The van der Waals surface area contributed by atoms with Crippen LogP contribution in [0.2, 0.25) is 0 Å². The SMILES string of the molecule is Cc1ccccc1NC(=O)Cn1c2c(sc1=O)[C@H](c1ccc(C(C)(C)C)cc1)C1C3CCC(C3)C1S2. The van der Waals surface area contributed by atoms with Crippen molar-refractivity contribution >= 4 is 34.7 Å². The van der Waals surface area contributed by atoms with E-state index < -0.39 is 0 Å². The minimum Gasteiger partial charge on any atom is -0.324 e. The van der Waals surface area contributed by atoms with Crippen LogP contribution in [0.1, 0.15) is 67.5 Å². The largest absolute Gasteiger partial charge is 0.324 e. The van der Waals surface area contributed by atoms with Crippen LogP contribution in [0, 0.1) is 24.7 Å². The summed E-state index contributed by atoms with van der Waals surface area (Å²) in [6.07, 6.45) is 3.92. The van der Waals surface area contributed by atoms with Crippen molar-refractivity contribution < 1.29 is 4.79 Å². The number of rotatable bonds is 4. The highest BCUT2D eigenvalue weighted by atomic mass is 32.2. The lowest BCUT2D eigenvalue weighted by Crippen LogP contribution is -2.35. The Labute approximate surface area is 221 Å².